The third kappa shape index (κ3) is 3.95. The number of rotatable bonds is 8. The minimum atomic E-state index is -0.468. The van der Waals surface area contributed by atoms with E-state index >= 15 is 0 Å². The highest BCUT2D eigenvalue weighted by atomic mass is 16.6. The Morgan fingerprint density at radius 2 is 1.79 bits per heavy atom. The Balaban J connectivity index is 2.15. The SMILES string of the molecule is COc1cc(C)c([N+](=O)[O-])c(OC)c1OCCCc1ccccc1. The fourth-order valence-corrected chi connectivity index (χ4v) is 2.53. The predicted molar refractivity (Wildman–Crippen MR) is 91.2 cm³/mol. The van der Waals surface area contributed by atoms with Crippen molar-refractivity contribution in [1.29, 1.82) is 0 Å². The van der Waals surface area contributed by atoms with Crippen LogP contribution in [0.25, 0.3) is 0 Å². The first-order chi connectivity index (χ1) is 11.6. The van der Waals surface area contributed by atoms with Crippen LogP contribution in [0.3, 0.4) is 0 Å². The molecule has 2 aromatic carbocycles. The Bertz CT molecular complexity index is 700. The molecule has 6 nitrogen and oxygen atoms in total. The molecule has 0 fully saturated rings. The van der Waals surface area contributed by atoms with E-state index in [-0.39, 0.29) is 17.2 Å². The second-order valence-electron chi connectivity index (χ2n) is 5.30. The van der Waals surface area contributed by atoms with Gasteiger partial charge in [-0.15, -0.1) is 0 Å². The number of nitro groups is 1. The quantitative estimate of drug-likeness (QED) is 0.416. The van der Waals surface area contributed by atoms with Gasteiger partial charge in [0, 0.05) is 5.56 Å². The standard InChI is InChI=1S/C18H21NO5/c1-13-12-15(22-2)17(18(23-3)16(13)19(20)21)24-11-7-10-14-8-5-4-6-9-14/h4-6,8-9,12H,7,10-11H2,1-3H3. The molecule has 0 amide bonds. The van der Waals surface area contributed by atoms with Gasteiger partial charge in [-0.2, -0.15) is 0 Å². The van der Waals surface area contributed by atoms with E-state index in [1.807, 2.05) is 18.2 Å². The van der Waals surface area contributed by atoms with Crippen LogP contribution < -0.4 is 14.2 Å². The van der Waals surface area contributed by atoms with Crippen molar-refractivity contribution < 1.29 is 19.1 Å². The maximum absolute atomic E-state index is 11.3. The average Bonchev–Trinajstić information content (AvgIpc) is 2.59. The molecular weight excluding hydrogens is 310 g/mol. The van der Waals surface area contributed by atoms with Crippen molar-refractivity contribution in [1.82, 2.24) is 0 Å². The van der Waals surface area contributed by atoms with Crippen LogP contribution in [-0.2, 0) is 6.42 Å². The van der Waals surface area contributed by atoms with Crippen LogP contribution in [0.5, 0.6) is 17.2 Å². The molecule has 0 aliphatic carbocycles. The number of hydrogen-bond acceptors (Lipinski definition) is 5. The molecule has 0 spiro atoms. The van der Waals surface area contributed by atoms with Crippen LogP contribution in [0.1, 0.15) is 17.5 Å². The van der Waals surface area contributed by atoms with Gasteiger partial charge in [-0.05, 0) is 31.4 Å². The van der Waals surface area contributed by atoms with E-state index in [0.29, 0.717) is 17.9 Å². The highest BCUT2D eigenvalue weighted by Gasteiger charge is 2.27. The molecule has 6 heteroatoms. The number of nitrogens with zero attached hydrogens (tertiary/aromatic N) is 1. The lowest BCUT2D eigenvalue weighted by molar-refractivity contribution is -0.386. The number of ether oxygens (including phenoxy) is 3. The van der Waals surface area contributed by atoms with Gasteiger partial charge < -0.3 is 14.2 Å². The smallest absolute Gasteiger partial charge is 0.318 e. The summed E-state index contributed by atoms with van der Waals surface area (Å²) in [7, 11) is 2.88. The first-order valence-electron chi connectivity index (χ1n) is 7.65. The van der Waals surface area contributed by atoms with Gasteiger partial charge in [-0.3, -0.25) is 10.1 Å². The molecular formula is C18H21NO5. The van der Waals surface area contributed by atoms with Gasteiger partial charge >= 0.3 is 5.69 Å². The van der Waals surface area contributed by atoms with Crippen molar-refractivity contribution in [2.24, 2.45) is 0 Å². The third-order valence-electron chi connectivity index (χ3n) is 3.67. The largest absolute Gasteiger partial charge is 0.493 e. The number of methoxy groups -OCH3 is 2. The van der Waals surface area contributed by atoms with Crippen molar-refractivity contribution in [3.05, 3.63) is 57.6 Å². The summed E-state index contributed by atoms with van der Waals surface area (Å²) in [4.78, 5) is 10.8. The topological polar surface area (TPSA) is 70.8 Å². The number of hydrogen-bond donors (Lipinski definition) is 0. The summed E-state index contributed by atoms with van der Waals surface area (Å²) in [6.07, 6.45) is 1.64. The lowest BCUT2D eigenvalue weighted by atomic mass is 10.1. The highest BCUT2D eigenvalue weighted by Crippen LogP contribution is 2.46. The molecule has 0 aliphatic rings. The average molecular weight is 331 g/mol. The maximum atomic E-state index is 11.3. The minimum Gasteiger partial charge on any atom is -0.493 e. The predicted octanol–water partition coefficient (Wildman–Crippen LogP) is 3.93. The molecule has 128 valence electrons. The monoisotopic (exact) mass is 331 g/mol. The van der Waals surface area contributed by atoms with Gasteiger partial charge in [0.1, 0.15) is 0 Å². The molecule has 0 saturated carbocycles. The fourth-order valence-electron chi connectivity index (χ4n) is 2.53. The zero-order valence-electron chi connectivity index (χ0n) is 14.1. The highest BCUT2D eigenvalue weighted by molar-refractivity contribution is 5.66. The van der Waals surface area contributed by atoms with E-state index in [9.17, 15) is 10.1 Å². The second-order valence-corrected chi connectivity index (χ2v) is 5.30. The van der Waals surface area contributed by atoms with Crippen LogP contribution in [-0.4, -0.2) is 25.7 Å². The Morgan fingerprint density at radius 1 is 1.08 bits per heavy atom. The summed E-state index contributed by atoms with van der Waals surface area (Å²) in [5, 5.41) is 11.3. The summed E-state index contributed by atoms with van der Waals surface area (Å²) in [5.74, 6) is 0.789. The van der Waals surface area contributed by atoms with E-state index in [2.05, 4.69) is 12.1 Å². The molecule has 0 radical (unpaired) electrons. The van der Waals surface area contributed by atoms with Gasteiger partial charge in [0.25, 0.3) is 0 Å². The van der Waals surface area contributed by atoms with Crippen molar-refractivity contribution in [2.45, 2.75) is 19.8 Å². The molecule has 0 saturated heterocycles. The van der Waals surface area contributed by atoms with Crippen LogP contribution in [0.2, 0.25) is 0 Å². The maximum Gasteiger partial charge on any atom is 0.318 e. The molecule has 0 aliphatic heterocycles. The Hall–Kier alpha value is -2.76. The Labute approximate surface area is 141 Å². The first kappa shape index (κ1) is 17.6. The minimum absolute atomic E-state index is 0.0940. The zero-order valence-corrected chi connectivity index (χ0v) is 14.1. The van der Waals surface area contributed by atoms with E-state index in [1.54, 1.807) is 13.0 Å². The van der Waals surface area contributed by atoms with Crippen molar-refractivity contribution in [3.8, 4) is 17.2 Å². The van der Waals surface area contributed by atoms with E-state index in [0.717, 1.165) is 12.8 Å². The van der Waals surface area contributed by atoms with E-state index < -0.39 is 4.92 Å². The van der Waals surface area contributed by atoms with Gasteiger partial charge in [0.05, 0.1) is 25.7 Å². The summed E-state index contributed by atoms with van der Waals surface area (Å²) >= 11 is 0. The number of nitro benzene ring substituents is 1. The Morgan fingerprint density at radius 3 is 2.38 bits per heavy atom. The molecule has 0 unspecified atom stereocenters. The zero-order chi connectivity index (χ0) is 17.5. The molecule has 0 heterocycles. The molecule has 0 bridgehead atoms. The van der Waals surface area contributed by atoms with Crippen LogP contribution in [0, 0.1) is 17.0 Å². The Kier molecular flexibility index (Phi) is 6.01. The van der Waals surface area contributed by atoms with Crippen molar-refractivity contribution in [2.75, 3.05) is 20.8 Å². The van der Waals surface area contributed by atoms with E-state index in [4.69, 9.17) is 14.2 Å². The summed E-state index contributed by atoms with van der Waals surface area (Å²) in [6.45, 7) is 2.05. The fraction of sp³-hybridized carbons (Fsp3) is 0.333. The molecule has 2 aromatic rings. The van der Waals surface area contributed by atoms with Gasteiger partial charge in [-0.25, -0.2) is 0 Å². The number of benzene rings is 2. The molecule has 24 heavy (non-hydrogen) atoms. The molecule has 0 N–H and O–H groups in total. The molecule has 0 atom stereocenters. The lowest BCUT2D eigenvalue weighted by Gasteiger charge is -2.15. The van der Waals surface area contributed by atoms with Crippen LogP contribution in [0.4, 0.5) is 5.69 Å². The second kappa shape index (κ2) is 8.19. The van der Waals surface area contributed by atoms with E-state index in [1.165, 1.54) is 19.8 Å². The van der Waals surface area contributed by atoms with Crippen LogP contribution >= 0.6 is 0 Å². The summed E-state index contributed by atoms with van der Waals surface area (Å²) in [6, 6.07) is 11.7. The van der Waals surface area contributed by atoms with Crippen molar-refractivity contribution >= 4 is 5.69 Å². The van der Waals surface area contributed by atoms with Crippen LogP contribution in [0.15, 0.2) is 36.4 Å². The number of aryl methyl sites for hydroxylation is 2. The molecule has 2 rings (SSSR count). The van der Waals surface area contributed by atoms with Gasteiger partial charge in [0.2, 0.25) is 11.5 Å². The third-order valence-corrected chi connectivity index (χ3v) is 3.67. The summed E-state index contributed by atoms with van der Waals surface area (Å²) in [5.41, 5.74) is 1.58. The first-order valence-corrected chi connectivity index (χ1v) is 7.65. The van der Waals surface area contributed by atoms with Gasteiger partial charge in [0.15, 0.2) is 5.75 Å². The van der Waals surface area contributed by atoms with Gasteiger partial charge in [-0.1, -0.05) is 30.3 Å². The van der Waals surface area contributed by atoms with Crippen molar-refractivity contribution in [3.63, 3.8) is 0 Å². The lowest BCUT2D eigenvalue weighted by Crippen LogP contribution is -2.05. The normalized spacial score (nSPS) is 10.3. The molecule has 0 aromatic heterocycles. The summed E-state index contributed by atoms with van der Waals surface area (Å²) < 4.78 is 16.3.